The third-order valence-corrected chi connectivity index (χ3v) is 6.71. The van der Waals surface area contributed by atoms with Crippen molar-refractivity contribution in [3.05, 3.63) is 52.1 Å². The van der Waals surface area contributed by atoms with Crippen LogP contribution in [0.3, 0.4) is 0 Å². The summed E-state index contributed by atoms with van der Waals surface area (Å²) in [5.41, 5.74) is -0.330. The molecule has 0 unspecified atom stereocenters. The fraction of sp³-hybridized carbons (Fsp3) is 0.278. The van der Waals surface area contributed by atoms with Gasteiger partial charge in [0.15, 0.2) is 0 Å². The fourth-order valence-electron chi connectivity index (χ4n) is 2.83. The molecule has 0 aliphatic carbocycles. The van der Waals surface area contributed by atoms with Crippen molar-refractivity contribution in [3.63, 3.8) is 0 Å². The van der Waals surface area contributed by atoms with Gasteiger partial charge in [-0.05, 0) is 44.2 Å². The molecule has 156 valence electrons. The first-order chi connectivity index (χ1) is 13.6. The van der Waals surface area contributed by atoms with Crippen molar-refractivity contribution < 1.29 is 26.8 Å². The van der Waals surface area contributed by atoms with E-state index in [1.54, 1.807) is 32.0 Å². The average Bonchev–Trinajstić information content (AvgIpc) is 3.04. The first kappa shape index (κ1) is 22.1. The molecule has 3 rings (SSSR count). The standard InChI is InChI=1S/C18H16Cl2F3N2O3P/c1-3-27-29(26,28-4-2)13-5-6-16-11(7-13)10-24-25(16)17-14(19)8-12(9-15(17)20)18(21,22)23/h5-10H,3-4H2,1-2H3. The van der Waals surface area contributed by atoms with E-state index in [-0.39, 0.29) is 28.9 Å². The summed E-state index contributed by atoms with van der Waals surface area (Å²) in [6, 6.07) is 6.34. The van der Waals surface area contributed by atoms with Crippen molar-refractivity contribution >= 4 is 47.0 Å². The van der Waals surface area contributed by atoms with Crippen LogP contribution < -0.4 is 5.30 Å². The molecule has 1 heterocycles. The highest BCUT2D eigenvalue weighted by Crippen LogP contribution is 2.47. The highest BCUT2D eigenvalue weighted by molar-refractivity contribution is 7.62. The Morgan fingerprint density at radius 2 is 1.66 bits per heavy atom. The minimum Gasteiger partial charge on any atom is -0.305 e. The van der Waals surface area contributed by atoms with E-state index in [0.29, 0.717) is 16.2 Å². The largest absolute Gasteiger partial charge is 0.416 e. The quantitative estimate of drug-likeness (QED) is 0.403. The number of rotatable bonds is 6. The van der Waals surface area contributed by atoms with Crippen LogP contribution in [0.25, 0.3) is 16.6 Å². The van der Waals surface area contributed by atoms with Crippen LogP contribution in [0.15, 0.2) is 36.5 Å². The molecule has 0 fully saturated rings. The second-order valence-electron chi connectivity index (χ2n) is 5.92. The second kappa shape index (κ2) is 8.28. The van der Waals surface area contributed by atoms with Gasteiger partial charge in [0.25, 0.3) is 0 Å². The van der Waals surface area contributed by atoms with Gasteiger partial charge in [-0.2, -0.15) is 18.3 Å². The van der Waals surface area contributed by atoms with Crippen molar-refractivity contribution in [1.82, 2.24) is 9.78 Å². The van der Waals surface area contributed by atoms with E-state index in [2.05, 4.69) is 5.10 Å². The van der Waals surface area contributed by atoms with E-state index in [9.17, 15) is 17.7 Å². The SMILES string of the molecule is CCOP(=O)(OCC)c1ccc2c(cnn2-c2c(Cl)cc(C(F)(F)F)cc2Cl)c1. The molecule has 5 nitrogen and oxygen atoms in total. The molecule has 29 heavy (non-hydrogen) atoms. The van der Waals surface area contributed by atoms with Crippen molar-refractivity contribution in [2.24, 2.45) is 0 Å². The Balaban J connectivity index is 2.11. The second-order valence-corrected chi connectivity index (χ2v) is 8.76. The topological polar surface area (TPSA) is 53.4 Å². The van der Waals surface area contributed by atoms with Crippen LogP contribution in [0.2, 0.25) is 10.0 Å². The van der Waals surface area contributed by atoms with E-state index >= 15 is 0 Å². The Bertz CT molecular complexity index is 1070. The minimum absolute atomic E-state index is 0.113. The van der Waals surface area contributed by atoms with Gasteiger partial charge < -0.3 is 9.05 Å². The molecule has 0 N–H and O–H groups in total. The molecule has 0 radical (unpaired) electrons. The van der Waals surface area contributed by atoms with Crippen LogP contribution in [0.5, 0.6) is 0 Å². The monoisotopic (exact) mass is 466 g/mol. The molecule has 11 heteroatoms. The van der Waals surface area contributed by atoms with Crippen LogP contribution in [-0.2, 0) is 19.8 Å². The molecule has 0 atom stereocenters. The summed E-state index contributed by atoms with van der Waals surface area (Å²) >= 11 is 12.2. The van der Waals surface area contributed by atoms with E-state index < -0.39 is 19.3 Å². The van der Waals surface area contributed by atoms with Crippen LogP contribution in [0.1, 0.15) is 19.4 Å². The maximum atomic E-state index is 13.0. The van der Waals surface area contributed by atoms with Gasteiger partial charge in [0.05, 0.1) is 45.8 Å². The first-order valence-electron chi connectivity index (χ1n) is 8.54. The summed E-state index contributed by atoms with van der Waals surface area (Å²) in [5, 5.41) is 4.70. The molecule has 0 spiro atoms. The first-order valence-corrected chi connectivity index (χ1v) is 10.8. The van der Waals surface area contributed by atoms with Gasteiger partial charge in [-0.3, -0.25) is 4.57 Å². The van der Waals surface area contributed by atoms with Crippen LogP contribution in [-0.4, -0.2) is 23.0 Å². The van der Waals surface area contributed by atoms with E-state index in [1.165, 1.54) is 10.9 Å². The molecule has 2 aromatic carbocycles. The maximum absolute atomic E-state index is 13.0. The summed E-state index contributed by atoms with van der Waals surface area (Å²) in [6.07, 6.45) is -3.11. The maximum Gasteiger partial charge on any atom is 0.416 e. The Kier molecular flexibility index (Phi) is 6.32. The lowest BCUT2D eigenvalue weighted by Crippen LogP contribution is -2.10. The number of benzene rings is 2. The zero-order valence-corrected chi connectivity index (χ0v) is 17.7. The van der Waals surface area contributed by atoms with Crippen molar-refractivity contribution in [2.75, 3.05) is 13.2 Å². The zero-order valence-electron chi connectivity index (χ0n) is 15.3. The number of aromatic nitrogens is 2. The Hall–Kier alpha value is -1.57. The number of hydrogen-bond donors (Lipinski definition) is 0. The van der Waals surface area contributed by atoms with Crippen molar-refractivity contribution in [3.8, 4) is 5.69 Å². The van der Waals surface area contributed by atoms with Gasteiger partial charge in [-0.15, -0.1) is 0 Å². The van der Waals surface area contributed by atoms with Crippen molar-refractivity contribution in [2.45, 2.75) is 20.0 Å². The molecular weight excluding hydrogens is 451 g/mol. The molecule has 0 saturated heterocycles. The molecule has 3 aromatic rings. The summed E-state index contributed by atoms with van der Waals surface area (Å²) in [7, 11) is -3.50. The Morgan fingerprint density at radius 3 is 2.17 bits per heavy atom. The average molecular weight is 467 g/mol. The number of nitrogens with zero attached hydrogens (tertiary/aromatic N) is 2. The molecule has 0 aliphatic heterocycles. The van der Waals surface area contributed by atoms with E-state index in [4.69, 9.17) is 32.2 Å². The van der Waals surface area contributed by atoms with Gasteiger partial charge in [0, 0.05) is 5.39 Å². The number of alkyl halides is 3. The third kappa shape index (κ3) is 4.32. The Morgan fingerprint density at radius 1 is 1.07 bits per heavy atom. The van der Waals surface area contributed by atoms with Gasteiger partial charge in [0.1, 0.15) is 5.69 Å². The van der Waals surface area contributed by atoms with E-state index in [0.717, 1.165) is 12.1 Å². The van der Waals surface area contributed by atoms with Gasteiger partial charge in [-0.25, -0.2) is 4.68 Å². The lowest BCUT2D eigenvalue weighted by Gasteiger charge is -2.17. The summed E-state index contributed by atoms with van der Waals surface area (Å²) in [6.45, 7) is 3.81. The molecule has 0 bridgehead atoms. The van der Waals surface area contributed by atoms with Crippen LogP contribution in [0.4, 0.5) is 13.2 Å². The van der Waals surface area contributed by atoms with Gasteiger partial charge in [-0.1, -0.05) is 23.2 Å². The molecular formula is C18H16Cl2F3N2O3P. The number of fused-ring (bicyclic) bond motifs is 1. The molecule has 1 aromatic heterocycles. The summed E-state index contributed by atoms with van der Waals surface area (Å²) in [5.74, 6) is 0. The van der Waals surface area contributed by atoms with Gasteiger partial charge in [0.2, 0.25) is 0 Å². The zero-order chi connectivity index (χ0) is 21.4. The number of hydrogen-bond acceptors (Lipinski definition) is 4. The van der Waals surface area contributed by atoms with Crippen molar-refractivity contribution in [1.29, 1.82) is 0 Å². The molecule has 0 saturated carbocycles. The summed E-state index contributed by atoms with van der Waals surface area (Å²) in [4.78, 5) is 0. The van der Waals surface area contributed by atoms with Crippen LogP contribution >= 0.6 is 30.8 Å². The lowest BCUT2D eigenvalue weighted by atomic mass is 10.2. The highest BCUT2D eigenvalue weighted by atomic mass is 35.5. The van der Waals surface area contributed by atoms with E-state index in [1.807, 2.05) is 0 Å². The lowest BCUT2D eigenvalue weighted by molar-refractivity contribution is -0.137. The number of halogens is 5. The normalized spacial score (nSPS) is 12.7. The Labute approximate surface area is 174 Å². The minimum atomic E-state index is -4.58. The summed E-state index contributed by atoms with van der Waals surface area (Å²) < 4.78 is 63.9. The predicted molar refractivity (Wildman–Crippen MR) is 107 cm³/mol. The molecule has 0 amide bonds. The smallest absolute Gasteiger partial charge is 0.305 e. The fourth-order valence-corrected chi connectivity index (χ4v) is 5.08. The van der Waals surface area contributed by atoms with Crippen LogP contribution in [0, 0.1) is 0 Å². The van der Waals surface area contributed by atoms with Gasteiger partial charge >= 0.3 is 13.8 Å². The molecule has 0 aliphatic rings. The third-order valence-electron chi connectivity index (χ3n) is 4.02. The highest BCUT2D eigenvalue weighted by Gasteiger charge is 2.32. The predicted octanol–water partition coefficient (Wildman–Crippen LogP) is 6.24.